The Morgan fingerprint density at radius 1 is 1.23 bits per heavy atom. The molecule has 0 saturated carbocycles. The van der Waals surface area contributed by atoms with Gasteiger partial charge in [-0.25, -0.2) is 0 Å². The van der Waals surface area contributed by atoms with Crippen LogP contribution in [0.25, 0.3) is 10.8 Å². The van der Waals surface area contributed by atoms with E-state index in [1.54, 1.807) is 0 Å². The van der Waals surface area contributed by atoms with Crippen LogP contribution in [-0.2, 0) is 0 Å². The summed E-state index contributed by atoms with van der Waals surface area (Å²) in [7, 11) is 0. The Bertz CT molecular complexity index is 468. The summed E-state index contributed by atoms with van der Waals surface area (Å²) in [4.78, 5) is 4.17. The molecule has 0 bridgehead atoms. The van der Waals surface area contributed by atoms with E-state index in [9.17, 15) is 0 Å². The summed E-state index contributed by atoms with van der Waals surface area (Å²) in [6, 6.07) is 4.30. The van der Waals surface area contributed by atoms with Gasteiger partial charge in [0.15, 0.2) is 0 Å². The van der Waals surface area contributed by atoms with Crippen LogP contribution >= 0.6 is 38.5 Å². The summed E-state index contributed by atoms with van der Waals surface area (Å²) in [6.45, 7) is 2.10. The Hall–Kier alpha value is -0.160. The molecule has 2 aromatic rings. The molecule has 0 N–H and O–H groups in total. The zero-order valence-electron chi connectivity index (χ0n) is 7.01. The summed E-state index contributed by atoms with van der Waals surface area (Å²) in [5.74, 6) is 0. The first-order valence-electron chi connectivity index (χ1n) is 3.88. The van der Waals surface area contributed by atoms with Gasteiger partial charge in [-0.1, -0.05) is 22.0 Å². The van der Waals surface area contributed by atoms with Crippen molar-refractivity contribution in [2.45, 2.75) is 6.92 Å². The highest BCUT2D eigenvalue weighted by Gasteiger charge is 2.02. The van der Waals surface area contributed by atoms with Crippen LogP contribution in [0.3, 0.4) is 0 Å². The Morgan fingerprint density at radius 3 is 2.77 bits per heavy atom. The monoisotopic (exact) mass is 347 g/mol. The van der Waals surface area contributed by atoms with Crippen molar-refractivity contribution in [3.8, 4) is 0 Å². The summed E-state index contributed by atoms with van der Waals surface area (Å²) < 4.78 is 2.31. The number of hydrogen-bond donors (Lipinski definition) is 0. The zero-order valence-corrected chi connectivity index (χ0v) is 10.8. The van der Waals surface area contributed by atoms with E-state index in [-0.39, 0.29) is 0 Å². The van der Waals surface area contributed by atoms with E-state index in [4.69, 9.17) is 0 Å². The van der Waals surface area contributed by atoms with E-state index >= 15 is 0 Å². The third-order valence-electron chi connectivity index (χ3n) is 1.92. The van der Waals surface area contributed by atoms with Gasteiger partial charge in [-0.3, -0.25) is 4.98 Å². The second-order valence-electron chi connectivity index (χ2n) is 2.96. The van der Waals surface area contributed by atoms with Crippen molar-refractivity contribution < 1.29 is 0 Å². The lowest BCUT2D eigenvalue weighted by Gasteiger charge is -2.03. The fraction of sp³-hybridized carbons (Fsp3) is 0.100. The quantitative estimate of drug-likeness (QED) is 0.658. The molecule has 0 unspecified atom stereocenters. The smallest absolute Gasteiger partial charge is 0.0408 e. The van der Waals surface area contributed by atoms with Crippen LogP contribution in [0.15, 0.2) is 29.0 Å². The molecule has 1 aromatic carbocycles. The number of halogens is 2. The van der Waals surface area contributed by atoms with Gasteiger partial charge < -0.3 is 0 Å². The molecule has 66 valence electrons. The van der Waals surface area contributed by atoms with E-state index in [1.807, 2.05) is 12.4 Å². The van der Waals surface area contributed by atoms with Crippen LogP contribution in [0.4, 0.5) is 0 Å². The first kappa shape index (κ1) is 9.40. The fourth-order valence-electron chi connectivity index (χ4n) is 1.33. The SMILES string of the molecule is Cc1cc(Br)c2cncc(I)c2c1. The number of benzene rings is 1. The molecule has 0 spiro atoms. The van der Waals surface area contributed by atoms with Crippen molar-refractivity contribution >= 4 is 49.3 Å². The molecule has 13 heavy (non-hydrogen) atoms. The van der Waals surface area contributed by atoms with Crippen molar-refractivity contribution in [1.29, 1.82) is 0 Å². The number of aromatic nitrogens is 1. The molecule has 0 aliphatic rings. The number of nitrogens with zero attached hydrogens (tertiary/aromatic N) is 1. The molecule has 1 aromatic heterocycles. The number of fused-ring (bicyclic) bond motifs is 1. The molecule has 0 fully saturated rings. The van der Waals surface area contributed by atoms with Crippen LogP contribution in [0.2, 0.25) is 0 Å². The molecule has 0 saturated heterocycles. The van der Waals surface area contributed by atoms with Gasteiger partial charge in [0.25, 0.3) is 0 Å². The van der Waals surface area contributed by atoms with E-state index in [1.165, 1.54) is 19.9 Å². The van der Waals surface area contributed by atoms with E-state index < -0.39 is 0 Å². The molecule has 1 nitrogen and oxygen atoms in total. The maximum absolute atomic E-state index is 4.17. The van der Waals surface area contributed by atoms with Gasteiger partial charge in [0, 0.05) is 25.8 Å². The van der Waals surface area contributed by atoms with Crippen molar-refractivity contribution in [2.75, 3.05) is 0 Å². The van der Waals surface area contributed by atoms with Gasteiger partial charge in [0.1, 0.15) is 0 Å². The predicted octanol–water partition coefficient (Wildman–Crippen LogP) is 3.91. The van der Waals surface area contributed by atoms with Crippen LogP contribution in [0.5, 0.6) is 0 Å². The molecular formula is C10H7BrIN. The zero-order chi connectivity index (χ0) is 9.42. The minimum atomic E-state index is 1.12. The molecule has 3 heteroatoms. The first-order valence-corrected chi connectivity index (χ1v) is 5.75. The average molecular weight is 348 g/mol. The van der Waals surface area contributed by atoms with Gasteiger partial charge in [-0.05, 0) is 46.5 Å². The van der Waals surface area contributed by atoms with Crippen LogP contribution < -0.4 is 0 Å². The maximum Gasteiger partial charge on any atom is 0.0408 e. The second-order valence-corrected chi connectivity index (χ2v) is 4.98. The summed E-state index contributed by atoms with van der Waals surface area (Å²) in [6.07, 6.45) is 3.77. The minimum absolute atomic E-state index is 1.12. The minimum Gasteiger partial charge on any atom is -0.263 e. The van der Waals surface area contributed by atoms with E-state index in [2.05, 4.69) is 62.6 Å². The van der Waals surface area contributed by atoms with Crippen LogP contribution in [-0.4, -0.2) is 4.98 Å². The van der Waals surface area contributed by atoms with Gasteiger partial charge in [-0.2, -0.15) is 0 Å². The average Bonchev–Trinajstić information content (AvgIpc) is 2.07. The summed E-state index contributed by atoms with van der Waals surface area (Å²) in [5.41, 5.74) is 1.27. The summed E-state index contributed by atoms with van der Waals surface area (Å²) in [5, 5.41) is 2.44. The highest BCUT2D eigenvalue weighted by molar-refractivity contribution is 14.1. The van der Waals surface area contributed by atoms with Gasteiger partial charge in [0.2, 0.25) is 0 Å². The Balaban J connectivity index is 2.94. The van der Waals surface area contributed by atoms with E-state index in [0.717, 1.165) is 4.47 Å². The summed E-state index contributed by atoms with van der Waals surface area (Å²) >= 11 is 5.85. The number of aryl methyl sites for hydroxylation is 1. The highest BCUT2D eigenvalue weighted by Crippen LogP contribution is 2.27. The second kappa shape index (κ2) is 3.53. The number of pyridine rings is 1. The molecule has 1 heterocycles. The lowest BCUT2D eigenvalue weighted by Crippen LogP contribution is -1.83. The fourth-order valence-corrected chi connectivity index (χ4v) is 2.61. The predicted molar refractivity (Wildman–Crippen MR) is 66.9 cm³/mol. The molecule has 0 amide bonds. The van der Waals surface area contributed by atoms with E-state index in [0.29, 0.717) is 0 Å². The Labute approximate surface area is 98.8 Å². The first-order chi connectivity index (χ1) is 6.18. The van der Waals surface area contributed by atoms with Crippen molar-refractivity contribution in [3.63, 3.8) is 0 Å². The Morgan fingerprint density at radius 2 is 2.00 bits per heavy atom. The van der Waals surface area contributed by atoms with Crippen molar-refractivity contribution in [3.05, 3.63) is 38.1 Å². The van der Waals surface area contributed by atoms with Gasteiger partial charge in [-0.15, -0.1) is 0 Å². The third-order valence-corrected chi connectivity index (χ3v) is 3.44. The van der Waals surface area contributed by atoms with Gasteiger partial charge in [0.05, 0.1) is 0 Å². The molecule has 0 atom stereocenters. The molecule has 0 aliphatic heterocycles. The van der Waals surface area contributed by atoms with Crippen LogP contribution in [0.1, 0.15) is 5.56 Å². The normalized spacial score (nSPS) is 10.7. The molecule has 0 radical (unpaired) electrons. The van der Waals surface area contributed by atoms with Crippen LogP contribution in [0, 0.1) is 10.5 Å². The molecule has 0 aliphatic carbocycles. The van der Waals surface area contributed by atoms with Crippen molar-refractivity contribution in [1.82, 2.24) is 4.98 Å². The topological polar surface area (TPSA) is 12.9 Å². The van der Waals surface area contributed by atoms with Crippen molar-refractivity contribution in [2.24, 2.45) is 0 Å². The third kappa shape index (κ3) is 1.72. The van der Waals surface area contributed by atoms with Gasteiger partial charge >= 0.3 is 0 Å². The highest BCUT2D eigenvalue weighted by atomic mass is 127. The molecule has 2 rings (SSSR count). The standard InChI is InChI=1S/C10H7BrIN/c1-6-2-7-8(9(11)3-6)4-13-5-10(7)12/h2-5H,1H3. The lowest BCUT2D eigenvalue weighted by molar-refractivity contribution is 1.34. The Kier molecular flexibility index (Phi) is 2.55. The number of rotatable bonds is 0. The lowest BCUT2D eigenvalue weighted by atomic mass is 10.1. The number of hydrogen-bond acceptors (Lipinski definition) is 1. The molecular weight excluding hydrogens is 341 g/mol. The maximum atomic E-state index is 4.17. The largest absolute Gasteiger partial charge is 0.263 e.